The van der Waals surface area contributed by atoms with Gasteiger partial charge in [0.2, 0.25) is 5.91 Å². The van der Waals surface area contributed by atoms with Crippen LogP contribution in [-0.4, -0.2) is 11.9 Å². The molecule has 0 bridgehead atoms. The highest BCUT2D eigenvalue weighted by Gasteiger charge is 2.40. The van der Waals surface area contributed by atoms with Gasteiger partial charge in [0, 0.05) is 12.0 Å². The van der Waals surface area contributed by atoms with E-state index in [-0.39, 0.29) is 0 Å². The fourth-order valence-electron chi connectivity index (χ4n) is 2.51. The zero-order chi connectivity index (χ0) is 10.1. The van der Waals surface area contributed by atoms with Gasteiger partial charge in [-0.3, -0.25) is 4.79 Å². The smallest absolute Gasteiger partial charge is 0.223 e. The fraction of sp³-hybridized carbons (Fsp3) is 0.917. The molecule has 0 spiro atoms. The molecular formula is C12H21NO. The van der Waals surface area contributed by atoms with Gasteiger partial charge >= 0.3 is 0 Å². The average Bonchev–Trinajstić information content (AvgIpc) is 2.87. The maximum Gasteiger partial charge on any atom is 0.223 e. The highest BCUT2D eigenvalue weighted by atomic mass is 16.2. The number of amides is 1. The number of nitrogens with one attached hydrogen (secondary N) is 1. The summed E-state index contributed by atoms with van der Waals surface area (Å²) in [6.07, 6.45) is 6.20. The molecule has 2 fully saturated rings. The van der Waals surface area contributed by atoms with E-state index in [1.807, 2.05) is 0 Å². The van der Waals surface area contributed by atoms with Crippen molar-refractivity contribution in [3.8, 4) is 0 Å². The Labute approximate surface area is 86.5 Å². The maximum absolute atomic E-state index is 11.7. The van der Waals surface area contributed by atoms with Crippen molar-refractivity contribution < 1.29 is 4.79 Å². The Kier molecular flexibility index (Phi) is 2.80. The first-order valence-electron chi connectivity index (χ1n) is 5.99. The number of carbonyl (C=O) groups is 1. The average molecular weight is 195 g/mol. The summed E-state index contributed by atoms with van der Waals surface area (Å²) in [6, 6.07) is 0.462. The van der Waals surface area contributed by atoms with Gasteiger partial charge in [0.05, 0.1) is 0 Å². The Hall–Kier alpha value is -0.530. The highest BCUT2D eigenvalue weighted by Crippen LogP contribution is 2.38. The van der Waals surface area contributed by atoms with Gasteiger partial charge in [-0.05, 0) is 31.1 Å². The van der Waals surface area contributed by atoms with E-state index in [1.54, 1.807) is 0 Å². The molecule has 0 heterocycles. The van der Waals surface area contributed by atoms with Gasteiger partial charge in [0.15, 0.2) is 0 Å². The van der Waals surface area contributed by atoms with E-state index >= 15 is 0 Å². The second-order valence-electron chi connectivity index (χ2n) is 5.20. The van der Waals surface area contributed by atoms with E-state index in [1.165, 1.54) is 25.7 Å². The highest BCUT2D eigenvalue weighted by molar-refractivity contribution is 5.81. The summed E-state index contributed by atoms with van der Waals surface area (Å²) in [5, 5.41) is 3.22. The van der Waals surface area contributed by atoms with Crippen LogP contribution in [0.25, 0.3) is 0 Å². The SMILES string of the molecule is C[C@@H]1CCCC[C@H]1NC(=O)[C@@H]1C[C@@H]1C. The number of hydrogen-bond donors (Lipinski definition) is 1. The van der Waals surface area contributed by atoms with Crippen LogP contribution in [0.5, 0.6) is 0 Å². The summed E-state index contributed by atoms with van der Waals surface area (Å²) in [4.78, 5) is 11.7. The maximum atomic E-state index is 11.7. The third-order valence-corrected chi connectivity index (χ3v) is 3.89. The van der Waals surface area contributed by atoms with E-state index < -0.39 is 0 Å². The summed E-state index contributed by atoms with van der Waals surface area (Å²) < 4.78 is 0. The molecule has 2 aliphatic carbocycles. The third kappa shape index (κ3) is 2.10. The summed E-state index contributed by atoms with van der Waals surface area (Å²) in [6.45, 7) is 4.43. The first-order valence-corrected chi connectivity index (χ1v) is 5.99. The van der Waals surface area contributed by atoms with Crippen LogP contribution in [0.15, 0.2) is 0 Å². The monoisotopic (exact) mass is 195 g/mol. The largest absolute Gasteiger partial charge is 0.353 e. The number of rotatable bonds is 2. The molecule has 14 heavy (non-hydrogen) atoms. The number of carbonyl (C=O) groups excluding carboxylic acids is 1. The standard InChI is InChI=1S/C12H21NO/c1-8-5-3-4-6-11(8)13-12(14)10-7-9(10)2/h8-11H,3-7H2,1-2H3,(H,13,14)/t8-,9+,10-,11-/m1/s1. The van der Waals surface area contributed by atoms with Crippen molar-refractivity contribution in [3.05, 3.63) is 0 Å². The molecule has 2 rings (SSSR count). The Morgan fingerprint density at radius 3 is 2.36 bits per heavy atom. The van der Waals surface area contributed by atoms with Crippen LogP contribution in [0.3, 0.4) is 0 Å². The molecule has 2 saturated carbocycles. The van der Waals surface area contributed by atoms with Crippen molar-refractivity contribution in [3.63, 3.8) is 0 Å². The molecule has 0 aliphatic heterocycles. The molecule has 2 heteroatoms. The van der Waals surface area contributed by atoms with E-state index in [9.17, 15) is 4.79 Å². The van der Waals surface area contributed by atoms with Crippen molar-refractivity contribution in [2.75, 3.05) is 0 Å². The van der Waals surface area contributed by atoms with Crippen molar-refractivity contribution in [1.82, 2.24) is 5.32 Å². The molecule has 0 radical (unpaired) electrons. The predicted molar refractivity (Wildman–Crippen MR) is 56.8 cm³/mol. The lowest BCUT2D eigenvalue weighted by atomic mass is 9.86. The molecule has 2 nitrogen and oxygen atoms in total. The minimum Gasteiger partial charge on any atom is -0.353 e. The molecular weight excluding hydrogens is 174 g/mol. The van der Waals surface area contributed by atoms with Gasteiger partial charge in [-0.2, -0.15) is 0 Å². The van der Waals surface area contributed by atoms with Crippen LogP contribution in [0.4, 0.5) is 0 Å². The van der Waals surface area contributed by atoms with Gasteiger partial charge in [0.1, 0.15) is 0 Å². The Balaban J connectivity index is 1.80. The van der Waals surface area contributed by atoms with Gasteiger partial charge in [-0.15, -0.1) is 0 Å². The quantitative estimate of drug-likeness (QED) is 0.720. The molecule has 1 amide bonds. The number of hydrogen-bond acceptors (Lipinski definition) is 1. The van der Waals surface area contributed by atoms with E-state index in [0.717, 1.165) is 6.42 Å². The zero-order valence-corrected chi connectivity index (χ0v) is 9.25. The Bertz CT molecular complexity index is 226. The molecule has 4 atom stereocenters. The van der Waals surface area contributed by atoms with Crippen LogP contribution in [0.2, 0.25) is 0 Å². The van der Waals surface area contributed by atoms with Crippen LogP contribution in [-0.2, 0) is 4.79 Å². The normalized spacial score (nSPS) is 41.9. The van der Waals surface area contributed by atoms with Gasteiger partial charge in [0.25, 0.3) is 0 Å². The van der Waals surface area contributed by atoms with Crippen molar-refractivity contribution in [2.45, 2.75) is 52.0 Å². The van der Waals surface area contributed by atoms with Crippen molar-refractivity contribution in [2.24, 2.45) is 17.8 Å². The minimum atomic E-state index is 0.316. The molecule has 2 aliphatic rings. The van der Waals surface area contributed by atoms with Crippen molar-refractivity contribution >= 4 is 5.91 Å². The van der Waals surface area contributed by atoms with Gasteiger partial charge in [-0.25, -0.2) is 0 Å². The predicted octanol–water partition coefficient (Wildman–Crippen LogP) is 2.34. The molecule has 0 aromatic rings. The summed E-state index contributed by atoms with van der Waals surface area (Å²) in [5.74, 6) is 1.97. The Morgan fingerprint density at radius 2 is 1.79 bits per heavy atom. The zero-order valence-electron chi connectivity index (χ0n) is 9.25. The van der Waals surface area contributed by atoms with Crippen LogP contribution >= 0.6 is 0 Å². The first-order chi connectivity index (χ1) is 6.68. The molecule has 0 unspecified atom stereocenters. The summed E-state index contributed by atoms with van der Waals surface area (Å²) in [7, 11) is 0. The van der Waals surface area contributed by atoms with Crippen molar-refractivity contribution in [1.29, 1.82) is 0 Å². The van der Waals surface area contributed by atoms with Gasteiger partial charge < -0.3 is 5.32 Å². The lowest BCUT2D eigenvalue weighted by Crippen LogP contribution is -2.41. The summed E-state index contributed by atoms with van der Waals surface area (Å²) in [5.41, 5.74) is 0. The molecule has 0 aromatic carbocycles. The fourth-order valence-corrected chi connectivity index (χ4v) is 2.51. The summed E-state index contributed by atoms with van der Waals surface area (Å²) >= 11 is 0. The first kappa shape index (κ1) is 10.0. The Morgan fingerprint density at radius 1 is 1.14 bits per heavy atom. The topological polar surface area (TPSA) is 29.1 Å². The lowest BCUT2D eigenvalue weighted by Gasteiger charge is -2.29. The van der Waals surface area contributed by atoms with Crippen LogP contribution in [0.1, 0.15) is 46.0 Å². The molecule has 0 saturated heterocycles. The molecule has 0 aromatic heterocycles. The lowest BCUT2D eigenvalue weighted by molar-refractivity contribution is -0.123. The van der Waals surface area contributed by atoms with E-state index in [4.69, 9.17) is 0 Å². The van der Waals surface area contributed by atoms with Crippen LogP contribution in [0, 0.1) is 17.8 Å². The van der Waals surface area contributed by atoms with E-state index in [0.29, 0.717) is 29.7 Å². The van der Waals surface area contributed by atoms with E-state index in [2.05, 4.69) is 19.2 Å². The second kappa shape index (κ2) is 3.92. The molecule has 1 N–H and O–H groups in total. The second-order valence-corrected chi connectivity index (χ2v) is 5.20. The van der Waals surface area contributed by atoms with Gasteiger partial charge in [-0.1, -0.05) is 26.7 Å². The molecule has 80 valence electrons. The van der Waals surface area contributed by atoms with Crippen LogP contribution < -0.4 is 5.32 Å². The minimum absolute atomic E-state index is 0.316. The third-order valence-electron chi connectivity index (χ3n) is 3.89.